The van der Waals surface area contributed by atoms with E-state index < -0.39 is 11.9 Å². The number of hydrogen-bond acceptors (Lipinski definition) is 8. The molecule has 9 nitrogen and oxygen atoms in total. The van der Waals surface area contributed by atoms with Crippen molar-refractivity contribution in [3.8, 4) is 17.3 Å². The van der Waals surface area contributed by atoms with Gasteiger partial charge in [0, 0.05) is 11.3 Å². The Labute approximate surface area is 177 Å². The number of allylic oxidation sites excluding steroid dienone is 1. The molecule has 0 fully saturated rings. The summed E-state index contributed by atoms with van der Waals surface area (Å²) in [7, 11) is 0. The topological polar surface area (TPSA) is 118 Å². The molecular formula is C22H19N5O4. The molecule has 4 heterocycles. The van der Waals surface area contributed by atoms with Gasteiger partial charge in [-0.05, 0) is 50.2 Å². The summed E-state index contributed by atoms with van der Waals surface area (Å²) in [4.78, 5) is 22.0. The fourth-order valence-electron chi connectivity index (χ4n) is 3.71. The maximum Gasteiger partial charge on any atom is 0.338 e. The van der Waals surface area contributed by atoms with Crippen LogP contribution < -0.4 is 10.5 Å². The first kappa shape index (κ1) is 18.9. The Morgan fingerprint density at radius 3 is 2.77 bits per heavy atom. The van der Waals surface area contributed by atoms with E-state index in [0.29, 0.717) is 45.7 Å². The molecule has 156 valence electrons. The van der Waals surface area contributed by atoms with Crippen molar-refractivity contribution in [3.05, 3.63) is 71.6 Å². The van der Waals surface area contributed by atoms with Gasteiger partial charge in [0.1, 0.15) is 17.8 Å². The minimum absolute atomic E-state index is 0.238. The fourth-order valence-corrected chi connectivity index (χ4v) is 3.71. The quantitative estimate of drug-likeness (QED) is 0.397. The van der Waals surface area contributed by atoms with Gasteiger partial charge in [0.25, 0.3) is 0 Å². The molecule has 0 bridgehead atoms. The van der Waals surface area contributed by atoms with Crippen molar-refractivity contribution in [2.45, 2.75) is 19.8 Å². The second-order valence-corrected chi connectivity index (χ2v) is 7.03. The van der Waals surface area contributed by atoms with E-state index in [2.05, 4.69) is 10.1 Å². The minimum atomic E-state index is -0.600. The van der Waals surface area contributed by atoms with E-state index in [9.17, 15) is 4.79 Å². The van der Waals surface area contributed by atoms with Crippen molar-refractivity contribution >= 4 is 17.3 Å². The van der Waals surface area contributed by atoms with Gasteiger partial charge in [-0.2, -0.15) is 0 Å². The highest BCUT2D eigenvalue weighted by Crippen LogP contribution is 2.44. The molecule has 0 saturated heterocycles. The third-order valence-electron chi connectivity index (χ3n) is 5.09. The lowest BCUT2D eigenvalue weighted by atomic mass is 9.87. The van der Waals surface area contributed by atoms with E-state index in [0.717, 1.165) is 5.56 Å². The molecule has 0 radical (unpaired) electrons. The van der Waals surface area contributed by atoms with Gasteiger partial charge in [0.05, 0.1) is 29.9 Å². The maximum absolute atomic E-state index is 12.8. The summed E-state index contributed by atoms with van der Waals surface area (Å²) in [6.07, 6.45) is 3.09. The van der Waals surface area contributed by atoms with Crippen LogP contribution in [0, 0.1) is 0 Å². The Hall–Kier alpha value is -4.14. The number of rotatable bonds is 4. The summed E-state index contributed by atoms with van der Waals surface area (Å²) in [6.45, 7) is 3.70. The zero-order chi connectivity index (χ0) is 21.5. The number of fused-ring (bicyclic) bond motifs is 3. The van der Waals surface area contributed by atoms with Crippen LogP contribution >= 0.6 is 0 Å². The monoisotopic (exact) mass is 417 g/mol. The third kappa shape index (κ3) is 3.10. The summed E-state index contributed by atoms with van der Waals surface area (Å²) in [5.41, 5.74) is 8.68. The first-order valence-electron chi connectivity index (χ1n) is 9.77. The lowest BCUT2D eigenvalue weighted by Crippen LogP contribution is -2.24. The van der Waals surface area contributed by atoms with Crippen molar-refractivity contribution in [1.82, 2.24) is 19.6 Å². The highest BCUT2D eigenvalue weighted by molar-refractivity contribution is 5.93. The number of benzene rings is 1. The van der Waals surface area contributed by atoms with Crippen molar-refractivity contribution < 1.29 is 18.7 Å². The van der Waals surface area contributed by atoms with Crippen LogP contribution in [0.1, 0.15) is 31.1 Å². The van der Waals surface area contributed by atoms with Gasteiger partial charge in [-0.25, -0.2) is 19.3 Å². The molecule has 1 atom stereocenters. The van der Waals surface area contributed by atoms with Gasteiger partial charge in [-0.3, -0.25) is 0 Å². The standard InChI is InChI=1S/C22H19N5O4/c1-3-29-22(28)16-12(2)31-21-18(17(16)15-5-4-10-30-15)20-25-19(26-27(20)11-24-21)13-6-8-14(23)9-7-13/h4-11,17H,3,23H2,1-2H3. The number of esters is 1. The molecule has 1 aliphatic heterocycles. The Bertz CT molecular complexity index is 1310. The number of aromatic nitrogens is 4. The summed E-state index contributed by atoms with van der Waals surface area (Å²) < 4.78 is 18.5. The number of carbonyl (C=O) groups excluding carboxylic acids is 1. The normalized spacial score (nSPS) is 15.6. The van der Waals surface area contributed by atoms with Crippen molar-refractivity contribution in [2.24, 2.45) is 0 Å². The van der Waals surface area contributed by atoms with Gasteiger partial charge in [0.15, 0.2) is 11.5 Å². The van der Waals surface area contributed by atoms with Gasteiger partial charge in [0.2, 0.25) is 5.88 Å². The zero-order valence-corrected chi connectivity index (χ0v) is 16.9. The highest BCUT2D eigenvalue weighted by atomic mass is 16.5. The number of furan rings is 1. The molecule has 0 saturated carbocycles. The van der Waals surface area contributed by atoms with Crippen molar-refractivity contribution in [1.29, 1.82) is 0 Å². The van der Waals surface area contributed by atoms with Crippen LogP contribution in [0.2, 0.25) is 0 Å². The minimum Gasteiger partial charge on any atom is -0.468 e. The molecule has 1 aromatic carbocycles. The molecule has 9 heteroatoms. The van der Waals surface area contributed by atoms with E-state index >= 15 is 0 Å². The number of hydrogen-bond donors (Lipinski definition) is 1. The fraction of sp³-hybridized carbons (Fsp3) is 0.182. The third-order valence-corrected chi connectivity index (χ3v) is 5.09. The lowest BCUT2D eigenvalue weighted by molar-refractivity contribution is -0.139. The van der Waals surface area contributed by atoms with Crippen molar-refractivity contribution in [2.75, 3.05) is 12.3 Å². The molecule has 0 spiro atoms. The second-order valence-electron chi connectivity index (χ2n) is 7.03. The van der Waals surface area contributed by atoms with E-state index in [4.69, 9.17) is 24.6 Å². The van der Waals surface area contributed by atoms with Crippen LogP contribution in [0.5, 0.6) is 5.88 Å². The Morgan fingerprint density at radius 1 is 1.26 bits per heavy atom. The first-order chi connectivity index (χ1) is 15.1. The van der Waals surface area contributed by atoms with Gasteiger partial charge in [-0.1, -0.05) is 0 Å². The predicted molar refractivity (Wildman–Crippen MR) is 111 cm³/mol. The number of anilines is 1. The van der Waals surface area contributed by atoms with E-state index in [1.807, 2.05) is 12.1 Å². The Balaban J connectivity index is 1.73. The summed E-state index contributed by atoms with van der Waals surface area (Å²) in [5.74, 6) is 0.721. The summed E-state index contributed by atoms with van der Waals surface area (Å²) in [5, 5.41) is 4.55. The highest BCUT2D eigenvalue weighted by Gasteiger charge is 2.39. The molecule has 2 N–H and O–H groups in total. The van der Waals surface area contributed by atoms with Crippen molar-refractivity contribution in [3.63, 3.8) is 0 Å². The number of ether oxygens (including phenoxy) is 2. The molecule has 5 rings (SSSR count). The molecule has 0 aliphatic carbocycles. The lowest BCUT2D eigenvalue weighted by Gasteiger charge is -2.26. The molecule has 0 amide bonds. The first-order valence-corrected chi connectivity index (χ1v) is 9.77. The molecular weight excluding hydrogens is 398 g/mol. The maximum atomic E-state index is 12.8. The SMILES string of the molecule is CCOC(=O)C1=C(C)Oc2ncn3nc(-c4ccc(N)cc4)nc3c2C1c1ccco1. The van der Waals surface area contributed by atoms with Crippen LogP contribution in [0.4, 0.5) is 5.69 Å². The van der Waals surface area contributed by atoms with Gasteiger partial charge < -0.3 is 19.6 Å². The van der Waals surface area contributed by atoms with E-state index in [-0.39, 0.29) is 6.61 Å². The smallest absolute Gasteiger partial charge is 0.338 e. The second kappa shape index (κ2) is 7.28. The average molecular weight is 417 g/mol. The molecule has 3 aromatic heterocycles. The van der Waals surface area contributed by atoms with Crippen LogP contribution in [0.3, 0.4) is 0 Å². The number of nitrogen functional groups attached to an aromatic ring is 1. The average Bonchev–Trinajstić information content (AvgIpc) is 3.43. The Kier molecular flexibility index (Phi) is 4.43. The molecule has 4 aromatic rings. The van der Waals surface area contributed by atoms with Crippen LogP contribution in [0.15, 0.2) is 64.7 Å². The van der Waals surface area contributed by atoms with E-state index in [1.165, 1.54) is 6.33 Å². The van der Waals surface area contributed by atoms with E-state index in [1.54, 1.807) is 48.9 Å². The zero-order valence-electron chi connectivity index (χ0n) is 16.9. The number of carbonyl (C=O) groups is 1. The molecule has 1 unspecified atom stereocenters. The van der Waals surface area contributed by atoms with Gasteiger partial charge >= 0.3 is 5.97 Å². The summed E-state index contributed by atoms with van der Waals surface area (Å²) in [6, 6.07) is 10.8. The summed E-state index contributed by atoms with van der Waals surface area (Å²) >= 11 is 0. The Morgan fingerprint density at radius 2 is 2.06 bits per heavy atom. The van der Waals surface area contributed by atoms with Gasteiger partial charge in [-0.15, -0.1) is 5.10 Å². The van der Waals surface area contributed by atoms with Crippen LogP contribution in [0.25, 0.3) is 17.0 Å². The largest absolute Gasteiger partial charge is 0.468 e. The number of nitrogens with zero attached hydrogens (tertiary/aromatic N) is 4. The number of nitrogens with two attached hydrogens (primary N) is 1. The van der Waals surface area contributed by atoms with Crippen LogP contribution in [-0.2, 0) is 9.53 Å². The molecule has 1 aliphatic rings. The van der Waals surface area contributed by atoms with Crippen LogP contribution in [-0.4, -0.2) is 32.2 Å². The molecule has 31 heavy (non-hydrogen) atoms. The predicted octanol–water partition coefficient (Wildman–Crippen LogP) is 3.33.